The fraction of sp³-hybridized carbons (Fsp3) is 0.571. The number of methoxy groups -OCH3 is 1. The Balaban J connectivity index is 2.17. The number of rotatable bonds is 5. The van der Waals surface area contributed by atoms with Crippen molar-refractivity contribution in [3.05, 3.63) is 28.8 Å². The lowest BCUT2D eigenvalue weighted by atomic mass is 9.97. The molecule has 0 amide bonds. The summed E-state index contributed by atoms with van der Waals surface area (Å²) in [5, 5.41) is 0.741. The van der Waals surface area contributed by atoms with Gasteiger partial charge in [-0.3, -0.25) is 0 Å². The van der Waals surface area contributed by atoms with Gasteiger partial charge in [-0.1, -0.05) is 11.6 Å². The number of nitrogens with zero attached hydrogens (tertiary/aromatic N) is 1. The zero-order chi connectivity index (χ0) is 13.0. The lowest BCUT2D eigenvalue weighted by molar-refractivity contribution is 0.311. The number of halogens is 1. The van der Waals surface area contributed by atoms with E-state index in [1.807, 2.05) is 18.2 Å². The maximum Gasteiger partial charge on any atom is 0.122 e. The molecule has 0 aliphatic carbocycles. The Bertz CT molecular complexity index is 391. The molecule has 1 atom stereocenters. The molecular formula is C14H21ClN2O. The molecule has 1 heterocycles. The van der Waals surface area contributed by atoms with Crippen molar-refractivity contribution in [2.24, 2.45) is 5.73 Å². The van der Waals surface area contributed by atoms with Crippen LogP contribution in [0.3, 0.4) is 0 Å². The summed E-state index contributed by atoms with van der Waals surface area (Å²) >= 11 is 6.08. The molecule has 3 nitrogen and oxygen atoms in total. The quantitative estimate of drug-likeness (QED) is 0.892. The summed E-state index contributed by atoms with van der Waals surface area (Å²) in [6.45, 7) is 3.97. The fourth-order valence-electron chi connectivity index (χ4n) is 2.60. The van der Waals surface area contributed by atoms with E-state index < -0.39 is 0 Å². The molecule has 0 spiro atoms. The van der Waals surface area contributed by atoms with Gasteiger partial charge in [-0.2, -0.15) is 0 Å². The first kappa shape index (κ1) is 13.7. The van der Waals surface area contributed by atoms with Crippen LogP contribution in [0.2, 0.25) is 5.02 Å². The third-order valence-electron chi connectivity index (χ3n) is 3.59. The van der Waals surface area contributed by atoms with E-state index in [-0.39, 0.29) is 5.92 Å². The zero-order valence-corrected chi connectivity index (χ0v) is 11.6. The predicted octanol–water partition coefficient (Wildman–Crippen LogP) is 2.49. The molecule has 1 aliphatic heterocycles. The average molecular weight is 269 g/mol. The molecule has 4 heteroatoms. The highest BCUT2D eigenvalue weighted by Crippen LogP contribution is 2.30. The van der Waals surface area contributed by atoms with E-state index in [0.717, 1.165) is 22.9 Å². The van der Waals surface area contributed by atoms with Crippen molar-refractivity contribution >= 4 is 11.6 Å². The van der Waals surface area contributed by atoms with Gasteiger partial charge in [0.05, 0.1) is 7.11 Å². The SMILES string of the molecule is COc1ccc(Cl)cc1C(CN)CN1CCCC1. The van der Waals surface area contributed by atoms with Crippen LogP contribution < -0.4 is 10.5 Å². The molecule has 0 radical (unpaired) electrons. The largest absolute Gasteiger partial charge is 0.496 e. The molecule has 0 bridgehead atoms. The Kier molecular flexibility index (Phi) is 4.87. The monoisotopic (exact) mass is 268 g/mol. The van der Waals surface area contributed by atoms with E-state index in [2.05, 4.69) is 4.90 Å². The molecule has 1 fully saturated rings. The third kappa shape index (κ3) is 3.16. The number of nitrogens with two attached hydrogens (primary N) is 1. The molecule has 1 aromatic rings. The maximum absolute atomic E-state index is 6.08. The number of hydrogen-bond donors (Lipinski definition) is 1. The molecular weight excluding hydrogens is 248 g/mol. The molecule has 100 valence electrons. The second kappa shape index (κ2) is 6.41. The summed E-state index contributed by atoms with van der Waals surface area (Å²) in [6.07, 6.45) is 2.59. The average Bonchev–Trinajstić information content (AvgIpc) is 2.88. The van der Waals surface area contributed by atoms with Crippen molar-refractivity contribution < 1.29 is 4.74 Å². The molecule has 2 rings (SSSR count). The van der Waals surface area contributed by atoms with Crippen LogP contribution in [0.1, 0.15) is 24.3 Å². The van der Waals surface area contributed by atoms with Crippen molar-refractivity contribution in [2.45, 2.75) is 18.8 Å². The Hall–Kier alpha value is -0.770. The third-order valence-corrected chi connectivity index (χ3v) is 3.83. The van der Waals surface area contributed by atoms with Crippen LogP contribution in [0.15, 0.2) is 18.2 Å². The first-order valence-corrected chi connectivity index (χ1v) is 6.88. The summed E-state index contributed by atoms with van der Waals surface area (Å²) in [7, 11) is 1.69. The second-order valence-electron chi connectivity index (χ2n) is 4.83. The minimum absolute atomic E-state index is 0.289. The minimum Gasteiger partial charge on any atom is -0.496 e. The van der Waals surface area contributed by atoms with Crippen LogP contribution in [0, 0.1) is 0 Å². The molecule has 1 aromatic carbocycles. The summed E-state index contributed by atoms with van der Waals surface area (Å²) in [5.74, 6) is 1.17. The Labute approximate surface area is 114 Å². The van der Waals surface area contributed by atoms with E-state index in [1.54, 1.807) is 7.11 Å². The van der Waals surface area contributed by atoms with Crippen LogP contribution >= 0.6 is 11.6 Å². The molecule has 1 unspecified atom stereocenters. The van der Waals surface area contributed by atoms with Gasteiger partial charge >= 0.3 is 0 Å². The van der Waals surface area contributed by atoms with Gasteiger partial charge in [0, 0.05) is 29.6 Å². The second-order valence-corrected chi connectivity index (χ2v) is 5.26. The molecule has 2 N–H and O–H groups in total. The van der Waals surface area contributed by atoms with Crippen LogP contribution in [0.4, 0.5) is 0 Å². The Morgan fingerprint density at radius 3 is 2.72 bits per heavy atom. The van der Waals surface area contributed by atoms with Gasteiger partial charge in [-0.25, -0.2) is 0 Å². The number of hydrogen-bond acceptors (Lipinski definition) is 3. The van der Waals surface area contributed by atoms with E-state index in [0.29, 0.717) is 6.54 Å². The van der Waals surface area contributed by atoms with Crippen molar-refractivity contribution in [1.29, 1.82) is 0 Å². The van der Waals surface area contributed by atoms with Gasteiger partial charge in [0.2, 0.25) is 0 Å². The van der Waals surface area contributed by atoms with E-state index in [4.69, 9.17) is 22.1 Å². The summed E-state index contributed by atoms with van der Waals surface area (Å²) < 4.78 is 5.41. The van der Waals surface area contributed by atoms with Crippen LogP contribution in [-0.4, -0.2) is 38.2 Å². The van der Waals surface area contributed by atoms with E-state index in [1.165, 1.54) is 25.9 Å². The first-order chi connectivity index (χ1) is 8.74. The highest BCUT2D eigenvalue weighted by Gasteiger charge is 2.20. The predicted molar refractivity (Wildman–Crippen MR) is 75.5 cm³/mol. The van der Waals surface area contributed by atoms with Crippen molar-refractivity contribution in [2.75, 3.05) is 33.3 Å². The van der Waals surface area contributed by atoms with Gasteiger partial charge in [0.1, 0.15) is 5.75 Å². The van der Waals surface area contributed by atoms with Crippen molar-refractivity contribution in [1.82, 2.24) is 4.90 Å². The normalized spacial score (nSPS) is 17.9. The smallest absolute Gasteiger partial charge is 0.122 e. The Morgan fingerprint density at radius 1 is 1.39 bits per heavy atom. The highest BCUT2D eigenvalue weighted by atomic mass is 35.5. The first-order valence-electron chi connectivity index (χ1n) is 6.50. The van der Waals surface area contributed by atoms with Crippen LogP contribution in [-0.2, 0) is 0 Å². The summed E-state index contributed by atoms with van der Waals surface area (Å²) in [6, 6.07) is 5.76. The molecule has 1 aliphatic rings. The molecule has 0 saturated carbocycles. The topological polar surface area (TPSA) is 38.5 Å². The zero-order valence-electron chi connectivity index (χ0n) is 10.9. The Morgan fingerprint density at radius 2 is 2.11 bits per heavy atom. The molecule has 1 saturated heterocycles. The van der Waals surface area contributed by atoms with Crippen molar-refractivity contribution in [3.63, 3.8) is 0 Å². The van der Waals surface area contributed by atoms with Gasteiger partial charge in [0.25, 0.3) is 0 Å². The standard InChI is InChI=1S/C14H21ClN2O/c1-18-14-5-4-12(15)8-13(14)11(9-16)10-17-6-2-3-7-17/h4-5,8,11H,2-3,6-7,9-10,16H2,1H3. The molecule has 0 aromatic heterocycles. The van der Waals surface area contributed by atoms with Gasteiger partial charge in [-0.05, 0) is 44.1 Å². The van der Waals surface area contributed by atoms with Gasteiger partial charge in [0.15, 0.2) is 0 Å². The van der Waals surface area contributed by atoms with E-state index in [9.17, 15) is 0 Å². The van der Waals surface area contributed by atoms with Gasteiger partial charge < -0.3 is 15.4 Å². The van der Waals surface area contributed by atoms with E-state index >= 15 is 0 Å². The number of benzene rings is 1. The highest BCUT2D eigenvalue weighted by molar-refractivity contribution is 6.30. The number of ether oxygens (including phenoxy) is 1. The summed E-state index contributed by atoms with van der Waals surface area (Å²) in [4.78, 5) is 2.47. The molecule has 18 heavy (non-hydrogen) atoms. The fourth-order valence-corrected chi connectivity index (χ4v) is 2.78. The summed E-state index contributed by atoms with van der Waals surface area (Å²) in [5.41, 5.74) is 7.06. The van der Waals surface area contributed by atoms with Crippen LogP contribution in [0.5, 0.6) is 5.75 Å². The van der Waals surface area contributed by atoms with Crippen LogP contribution in [0.25, 0.3) is 0 Å². The maximum atomic E-state index is 6.08. The number of likely N-dealkylation sites (tertiary alicyclic amines) is 1. The lowest BCUT2D eigenvalue weighted by Gasteiger charge is -2.24. The lowest BCUT2D eigenvalue weighted by Crippen LogP contribution is -2.29. The van der Waals surface area contributed by atoms with Crippen molar-refractivity contribution in [3.8, 4) is 5.75 Å². The minimum atomic E-state index is 0.289. The van der Waals surface area contributed by atoms with Gasteiger partial charge in [-0.15, -0.1) is 0 Å².